The van der Waals surface area contributed by atoms with Crippen molar-refractivity contribution in [3.63, 3.8) is 0 Å². The zero-order valence-corrected chi connectivity index (χ0v) is 18.9. The number of carbonyl (C=O) groups is 2. The fourth-order valence-electron chi connectivity index (χ4n) is 4.45. The van der Waals surface area contributed by atoms with E-state index in [4.69, 9.17) is 0 Å². The van der Waals surface area contributed by atoms with Gasteiger partial charge in [-0.25, -0.2) is 0 Å². The summed E-state index contributed by atoms with van der Waals surface area (Å²) in [5.74, 6) is -0.237. The molecule has 0 unspecified atom stereocenters. The zero-order chi connectivity index (χ0) is 21.8. The summed E-state index contributed by atoms with van der Waals surface area (Å²) in [4.78, 5) is 23.5. The van der Waals surface area contributed by atoms with Crippen molar-refractivity contribution in [2.45, 2.75) is 58.3 Å². The van der Waals surface area contributed by atoms with E-state index in [1.807, 2.05) is 12.1 Å². The summed E-state index contributed by atoms with van der Waals surface area (Å²) in [5, 5.41) is 12.7. The molecule has 1 aliphatic carbocycles. The van der Waals surface area contributed by atoms with Gasteiger partial charge in [-0.05, 0) is 88.4 Å². The van der Waals surface area contributed by atoms with Crippen molar-refractivity contribution >= 4 is 29.0 Å². The molecule has 0 atom stereocenters. The number of imide groups is 1. The summed E-state index contributed by atoms with van der Waals surface area (Å²) < 4.78 is 0. The number of hydrogen-bond donors (Lipinski definition) is 2. The molecule has 4 nitrogen and oxygen atoms in total. The smallest absolute Gasteiger partial charge is 0.290 e. The van der Waals surface area contributed by atoms with Gasteiger partial charge in [-0.1, -0.05) is 45.9 Å². The molecule has 2 aliphatic rings. The van der Waals surface area contributed by atoms with Crippen LogP contribution in [-0.4, -0.2) is 16.3 Å². The Kier molecular flexibility index (Phi) is 4.85. The SMILES string of the molecule is Cc1cc2c(cc1-c1ccc(C=C3SC(=O)NC3=O)cc1O)C(C)(C)CCC2(C)C. The Morgan fingerprint density at radius 2 is 1.60 bits per heavy atom. The number of fused-ring (bicyclic) bond motifs is 1. The number of nitrogens with one attached hydrogen (secondary N) is 1. The molecule has 4 rings (SSSR count). The van der Waals surface area contributed by atoms with Gasteiger partial charge >= 0.3 is 0 Å². The van der Waals surface area contributed by atoms with Crippen LogP contribution in [0.2, 0.25) is 0 Å². The van der Waals surface area contributed by atoms with Crippen LogP contribution in [0.1, 0.15) is 62.8 Å². The van der Waals surface area contributed by atoms with E-state index in [1.165, 1.54) is 11.1 Å². The first-order valence-corrected chi connectivity index (χ1v) is 11.0. The number of hydrogen-bond acceptors (Lipinski definition) is 4. The topological polar surface area (TPSA) is 66.4 Å². The molecule has 0 radical (unpaired) electrons. The fraction of sp³-hybridized carbons (Fsp3) is 0.360. The van der Waals surface area contributed by atoms with Crippen LogP contribution in [0.3, 0.4) is 0 Å². The maximum absolute atomic E-state index is 11.8. The summed E-state index contributed by atoms with van der Waals surface area (Å²) >= 11 is 0.872. The molecular formula is C25H27NO3S. The molecule has 2 aromatic carbocycles. The number of aryl methyl sites for hydroxylation is 1. The van der Waals surface area contributed by atoms with Crippen LogP contribution in [0.4, 0.5) is 4.79 Å². The molecule has 2 N–H and O–H groups in total. The summed E-state index contributed by atoms with van der Waals surface area (Å²) in [6.07, 6.45) is 3.92. The fourth-order valence-corrected chi connectivity index (χ4v) is 5.13. The molecule has 1 saturated heterocycles. The summed E-state index contributed by atoms with van der Waals surface area (Å²) in [7, 11) is 0. The van der Waals surface area contributed by atoms with E-state index in [0.717, 1.165) is 41.3 Å². The van der Waals surface area contributed by atoms with Gasteiger partial charge in [0.2, 0.25) is 0 Å². The molecule has 0 bridgehead atoms. The second kappa shape index (κ2) is 7.02. The molecule has 2 amide bonds. The zero-order valence-electron chi connectivity index (χ0n) is 18.1. The molecule has 1 heterocycles. The average molecular weight is 422 g/mol. The monoisotopic (exact) mass is 421 g/mol. The summed E-state index contributed by atoms with van der Waals surface area (Å²) in [5.41, 5.74) is 6.60. The van der Waals surface area contributed by atoms with E-state index in [9.17, 15) is 14.7 Å². The number of amides is 2. The van der Waals surface area contributed by atoms with Gasteiger partial charge in [-0.15, -0.1) is 0 Å². The van der Waals surface area contributed by atoms with Crippen molar-refractivity contribution in [2.24, 2.45) is 0 Å². The van der Waals surface area contributed by atoms with E-state index >= 15 is 0 Å². The lowest BCUT2D eigenvalue weighted by molar-refractivity contribution is -0.115. The molecule has 2 aromatic rings. The van der Waals surface area contributed by atoms with Crippen LogP contribution in [0.25, 0.3) is 17.2 Å². The Hall–Kier alpha value is -2.53. The number of benzene rings is 2. The number of rotatable bonds is 2. The number of aromatic hydroxyl groups is 1. The first-order valence-electron chi connectivity index (χ1n) is 10.2. The van der Waals surface area contributed by atoms with Gasteiger partial charge < -0.3 is 5.11 Å². The molecule has 30 heavy (non-hydrogen) atoms. The molecule has 1 aliphatic heterocycles. The first-order chi connectivity index (χ1) is 14.0. The number of phenols is 1. The van der Waals surface area contributed by atoms with E-state index in [-0.39, 0.29) is 21.8 Å². The number of thioether (sulfide) groups is 1. The van der Waals surface area contributed by atoms with Crippen LogP contribution < -0.4 is 5.32 Å². The lowest BCUT2D eigenvalue weighted by Crippen LogP contribution is -2.34. The van der Waals surface area contributed by atoms with Crippen molar-refractivity contribution in [2.75, 3.05) is 0 Å². The first kappa shape index (κ1) is 20.7. The van der Waals surface area contributed by atoms with Crippen molar-refractivity contribution in [3.05, 3.63) is 57.5 Å². The molecule has 1 fully saturated rings. The molecular weight excluding hydrogens is 394 g/mol. The van der Waals surface area contributed by atoms with Gasteiger partial charge in [-0.2, -0.15) is 0 Å². The van der Waals surface area contributed by atoms with Gasteiger partial charge in [0, 0.05) is 5.56 Å². The highest BCUT2D eigenvalue weighted by Gasteiger charge is 2.37. The number of phenolic OH excluding ortho intramolecular Hbond substituents is 1. The van der Waals surface area contributed by atoms with Crippen molar-refractivity contribution in [1.29, 1.82) is 0 Å². The Morgan fingerprint density at radius 3 is 2.17 bits per heavy atom. The highest BCUT2D eigenvalue weighted by molar-refractivity contribution is 8.18. The number of carbonyl (C=O) groups excluding carboxylic acids is 2. The van der Waals surface area contributed by atoms with Crippen LogP contribution >= 0.6 is 11.8 Å². The minimum absolute atomic E-state index is 0.0902. The lowest BCUT2D eigenvalue weighted by atomic mass is 9.62. The molecule has 5 heteroatoms. The average Bonchev–Trinajstić information content (AvgIpc) is 2.96. The quantitative estimate of drug-likeness (QED) is 0.580. The lowest BCUT2D eigenvalue weighted by Gasteiger charge is -2.42. The van der Waals surface area contributed by atoms with E-state index < -0.39 is 5.91 Å². The Bertz CT molecular complexity index is 1110. The van der Waals surface area contributed by atoms with Crippen LogP contribution in [0.5, 0.6) is 5.75 Å². The second-order valence-electron chi connectivity index (χ2n) is 9.61. The Balaban J connectivity index is 1.77. The van der Waals surface area contributed by atoms with Crippen molar-refractivity contribution in [3.8, 4) is 16.9 Å². The Labute approximate surface area is 181 Å². The predicted octanol–water partition coefficient (Wildman–Crippen LogP) is 6.04. The third-order valence-electron chi connectivity index (χ3n) is 6.45. The minimum Gasteiger partial charge on any atom is -0.507 e. The van der Waals surface area contributed by atoms with E-state index in [2.05, 4.69) is 52.1 Å². The normalized spacial score (nSPS) is 20.9. The summed E-state index contributed by atoms with van der Waals surface area (Å²) in [6, 6.07) is 9.93. The maximum Gasteiger partial charge on any atom is 0.290 e. The van der Waals surface area contributed by atoms with Gasteiger partial charge in [0.1, 0.15) is 5.75 Å². The third-order valence-corrected chi connectivity index (χ3v) is 7.26. The van der Waals surface area contributed by atoms with Crippen LogP contribution in [0, 0.1) is 6.92 Å². The standard InChI is InChI=1S/C25H27NO3S/c1-14-10-18-19(25(4,5)9-8-24(18,2)3)13-17(14)16-7-6-15(11-20(16)27)12-21-22(28)26-23(29)30-21/h6-7,10-13,27H,8-9H2,1-5H3,(H,26,28,29). The largest absolute Gasteiger partial charge is 0.507 e. The molecule has 0 saturated carbocycles. The van der Waals surface area contributed by atoms with Gasteiger partial charge in [0.15, 0.2) is 0 Å². The summed E-state index contributed by atoms with van der Waals surface area (Å²) in [6.45, 7) is 11.3. The van der Waals surface area contributed by atoms with E-state index in [0.29, 0.717) is 10.5 Å². The van der Waals surface area contributed by atoms with Crippen LogP contribution in [0.15, 0.2) is 35.2 Å². The van der Waals surface area contributed by atoms with Gasteiger partial charge in [-0.3, -0.25) is 14.9 Å². The predicted molar refractivity (Wildman–Crippen MR) is 123 cm³/mol. The highest BCUT2D eigenvalue weighted by Crippen LogP contribution is 2.48. The third kappa shape index (κ3) is 3.56. The van der Waals surface area contributed by atoms with Gasteiger partial charge in [0.05, 0.1) is 4.91 Å². The highest BCUT2D eigenvalue weighted by atomic mass is 32.2. The molecule has 0 spiro atoms. The molecule has 0 aromatic heterocycles. The van der Waals surface area contributed by atoms with Crippen molar-refractivity contribution in [1.82, 2.24) is 5.32 Å². The maximum atomic E-state index is 11.8. The Morgan fingerprint density at radius 1 is 0.967 bits per heavy atom. The van der Waals surface area contributed by atoms with Crippen molar-refractivity contribution < 1.29 is 14.7 Å². The van der Waals surface area contributed by atoms with Crippen LogP contribution in [-0.2, 0) is 15.6 Å². The van der Waals surface area contributed by atoms with E-state index in [1.54, 1.807) is 12.1 Å². The van der Waals surface area contributed by atoms with Gasteiger partial charge in [0.25, 0.3) is 11.1 Å². The second-order valence-corrected chi connectivity index (χ2v) is 10.6. The molecule has 156 valence electrons. The minimum atomic E-state index is -0.399.